The summed E-state index contributed by atoms with van der Waals surface area (Å²) in [7, 11) is 3.38. The maximum absolute atomic E-state index is 11.1. The van der Waals surface area contributed by atoms with Crippen molar-refractivity contribution >= 4 is 35.0 Å². The fraction of sp³-hybridized carbons (Fsp3) is 0.333. The van der Waals surface area contributed by atoms with Gasteiger partial charge >= 0.3 is 0 Å². The maximum Gasteiger partial charge on any atom is 0.231 e. The molecule has 1 aromatic carbocycles. The lowest BCUT2D eigenvalue weighted by atomic mass is 10.1. The first-order valence-corrected chi connectivity index (χ1v) is 8.86. The normalized spacial score (nSPS) is 16.8. The van der Waals surface area contributed by atoms with Gasteiger partial charge in [-0.15, -0.1) is 0 Å². The Balaban J connectivity index is 1.61. The van der Waals surface area contributed by atoms with Crippen LogP contribution in [0.3, 0.4) is 0 Å². The van der Waals surface area contributed by atoms with Crippen molar-refractivity contribution < 1.29 is 14.3 Å². The molecule has 1 fully saturated rings. The van der Waals surface area contributed by atoms with E-state index >= 15 is 0 Å². The molecule has 1 unspecified atom stereocenters. The monoisotopic (exact) mass is 383 g/mol. The fourth-order valence-electron chi connectivity index (χ4n) is 3.16. The number of anilines is 3. The zero-order chi connectivity index (χ0) is 19.5. The van der Waals surface area contributed by atoms with E-state index in [2.05, 4.69) is 30.6 Å². The van der Waals surface area contributed by atoms with E-state index in [1.165, 1.54) is 0 Å². The van der Waals surface area contributed by atoms with Crippen LogP contribution in [0.2, 0.25) is 0 Å². The van der Waals surface area contributed by atoms with Gasteiger partial charge in [0.2, 0.25) is 12.4 Å². The summed E-state index contributed by atoms with van der Waals surface area (Å²) >= 11 is 0. The van der Waals surface area contributed by atoms with Crippen molar-refractivity contribution in [2.45, 2.75) is 6.10 Å². The molecule has 3 N–H and O–H groups in total. The number of fused-ring (bicyclic) bond motifs is 1. The summed E-state index contributed by atoms with van der Waals surface area (Å²) < 4.78 is 11.3. The average Bonchev–Trinajstić information content (AvgIpc) is 3.22. The molecule has 10 heteroatoms. The van der Waals surface area contributed by atoms with E-state index in [4.69, 9.17) is 9.47 Å². The van der Waals surface area contributed by atoms with Gasteiger partial charge in [-0.05, 0) is 17.7 Å². The molecule has 2 aromatic heterocycles. The lowest BCUT2D eigenvalue weighted by molar-refractivity contribution is -0.125. The minimum Gasteiger partial charge on any atom is -0.495 e. The van der Waals surface area contributed by atoms with Crippen molar-refractivity contribution in [3.05, 3.63) is 30.1 Å². The number of aromatic amines is 1. The Morgan fingerprint density at radius 3 is 3.07 bits per heavy atom. The lowest BCUT2D eigenvalue weighted by Gasteiger charge is -2.30. The minimum absolute atomic E-state index is 0.185. The lowest BCUT2D eigenvalue weighted by Crippen LogP contribution is -2.37. The fourth-order valence-corrected chi connectivity index (χ4v) is 3.16. The topological polar surface area (TPSA) is 117 Å². The van der Waals surface area contributed by atoms with Crippen molar-refractivity contribution in [2.75, 3.05) is 44.5 Å². The molecule has 3 heterocycles. The zero-order valence-corrected chi connectivity index (χ0v) is 15.6. The number of benzene rings is 1. The second-order valence-corrected chi connectivity index (χ2v) is 6.29. The first-order chi connectivity index (χ1) is 13.7. The standard InChI is InChI=1S/C18H21N7O3/c1-19-16-15-17(21-9-20-15)24-18(23-16)22-12-4-3-11(7-13(12)27-2)14-8-25(10-26)5-6-28-14/h3-4,7,9-10,14H,5-6,8H2,1-2H3,(H3,19,20,21,22,23,24). The van der Waals surface area contributed by atoms with Crippen LogP contribution in [0.1, 0.15) is 11.7 Å². The van der Waals surface area contributed by atoms with Gasteiger partial charge in [-0.2, -0.15) is 9.97 Å². The van der Waals surface area contributed by atoms with Gasteiger partial charge in [0.15, 0.2) is 11.5 Å². The van der Waals surface area contributed by atoms with Crippen LogP contribution >= 0.6 is 0 Å². The molecule has 1 aliphatic heterocycles. The van der Waals surface area contributed by atoms with E-state index in [0.717, 1.165) is 17.7 Å². The van der Waals surface area contributed by atoms with Gasteiger partial charge in [-0.1, -0.05) is 6.07 Å². The van der Waals surface area contributed by atoms with Crippen LogP contribution in [0.5, 0.6) is 5.75 Å². The average molecular weight is 383 g/mol. The molecule has 1 saturated heterocycles. The number of imidazole rings is 1. The number of rotatable bonds is 6. The quantitative estimate of drug-likeness (QED) is 0.551. The highest BCUT2D eigenvalue weighted by atomic mass is 16.5. The van der Waals surface area contributed by atoms with Gasteiger partial charge in [0.25, 0.3) is 0 Å². The van der Waals surface area contributed by atoms with Crippen LogP contribution in [-0.4, -0.2) is 65.1 Å². The first-order valence-electron chi connectivity index (χ1n) is 8.86. The molecule has 3 aromatic rings. The van der Waals surface area contributed by atoms with Gasteiger partial charge in [0.05, 0.1) is 32.3 Å². The molecule has 1 atom stereocenters. The number of ether oxygens (including phenoxy) is 2. The minimum atomic E-state index is -0.185. The van der Waals surface area contributed by atoms with E-state index in [-0.39, 0.29) is 6.10 Å². The number of aromatic nitrogens is 4. The molecule has 0 spiro atoms. The molecular weight excluding hydrogens is 362 g/mol. The Labute approximate surface area is 161 Å². The number of methoxy groups -OCH3 is 1. The van der Waals surface area contributed by atoms with Gasteiger partial charge < -0.3 is 30.0 Å². The summed E-state index contributed by atoms with van der Waals surface area (Å²) in [6, 6.07) is 5.73. The van der Waals surface area contributed by atoms with Crippen LogP contribution in [0, 0.1) is 0 Å². The van der Waals surface area contributed by atoms with Crippen molar-refractivity contribution in [1.82, 2.24) is 24.8 Å². The molecule has 1 aliphatic rings. The molecule has 10 nitrogen and oxygen atoms in total. The number of amides is 1. The highest BCUT2D eigenvalue weighted by Crippen LogP contribution is 2.32. The third-order valence-corrected chi connectivity index (χ3v) is 4.61. The van der Waals surface area contributed by atoms with Gasteiger partial charge in [-0.3, -0.25) is 4.79 Å². The van der Waals surface area contributed by atoms with Crippen molar-refractivity contribution in [3.8, 4) is 5.75 Å². The number of carbonyl (C=O) groups is 1. The second-order valence-electron chi connectivity index (χ2n) is 6.29. The summed E-state index contributed by atoms with van der Waals surface area (Å²) in [5.41, 5.74) is 2.96. The second kappa shape index (κ2) is 7.69. The molecule has 146 valence electrons. The Morgan fingerprint density at radius 2 is 2.29 bits per heavy atom. The third kappa shape index (κ3) is 3.41. The Bertz CT molecular complexity index is 990. The largest absolute Gasteiger partial charge is 0.495 e. The Hall–Kier alpha value is -3.40. The van der Waals surface area contributed by atoms with Gasteiger partial charge in [-0.25, -0.2) is 4.98 Å². The van der Waals surface area contributed by atoms with E-state index in [1.54, 1.807) is 25.4 Å². The summed E-state index contributed by atoms with van der Waals surface area (Å²) in [5, 5.41) is 6.21. The number of morpholine rings is 1. The Kier molecular flexibility index (Phi) is 4.94. The summed E-state index contributed by atoms with van der Waals surface area (Å²) in [4.78, 5) is 28.9. The highest BCUT2D eigenvalue weighted by molar-refractivity contribution is 5.84. The predicted molar refractivity (Wildman–Crippen MR) is 104 cm³/mol. The van der Waals surface area contributed by atoms with Gasteiger partial charge in [0.1, 0.15) is 17.4 Å². The van der Waals surface area contributed by atoms with Crippen LogP contribution in [0.25, 0.3) is 11.2 Å². The molecule has 28 heavy (non-hydrogen) atoms. The van der Waals surface area contributed by atoms with E-state index < -0.39 is 0 Å². The van der Waals surface area contributed by atoms with E-state index in [9.17, 15) is 4.79 Å². The van der Waals surface area contributed by atoms with E-state index in [1.807, 2.05) is 18.2 Å². The highest BCUT2D eigenvalue weighted by Gasteiger charge is 2.22. The SMILES string of the molecule is CNc1nc(Nc2ccc(C3CN(C=O)CCO3)cc2OC)nc2[nH]cnc12. The van der Waals surface area contributed by atoms with Crippen molar-refractivity contribution in [3.63, 3.8) is 0 Å². The smallest absolute Gasteiger partial charge is 0.231 e. The third-order valence-electron chi connectivity index (χ3n) is 4.61. The van der Waals surface area contributed by atoms with Crippen LogP contribution in [0.15, 0.2) is 24.5 Å². The van der Waals surface area contributed by atoms with Crippen LogP contribution in [-0.2, 0) is 9.53 Å². The number of carbonyl (C=O) groups excluding carboxylic acids is 1. The summed E-state index contributed by atoms with van der Waals surface area (Å²) in [5.74, 6) is 1.66. The molecule has 0 radical (unpaired) electrons. The Morgan fingerprint density at radius 1 is 1.39 bits per heavy atom. The number of hydrogen-bond acceptors (Lipinski definition) is 8. The molecule has 1 amide bonds. The number of hydrogen-bond donors (Lipinski definition) is 3. The van der Waals surface area contributed by atoms with E-state index in [0.29, 0.717) is 48.4 Å². The first kappa shape index (κ1) is 18.0. The van der Waals surface area contributed by atoms with Crippen molar-refractivity contribution in [1.29, 1.82) is 0 Å². The number of H-pyrrole nitrogens is 1. The molecule has 0 bridgehead atoms. The van der Waals surface area contributed by atoms with Crippen molar-refractivity contribution in [2.24, 2.45) is 0 Å². The molecular formula is C18H21N7O3. The summed E-state index contributed by atoms with van der Waals surface area (Å²) in [6.45, 7) is 1.64. The van der Waals surface area contributed by atoms with Crippen LogP contribution < -0.4 is 15.4 Å². The number of nitrogens with zero attached hydrogens (tertiary/aromatic N) is 4. The number of nitrogens with one attached hydrogen (secondary N) is 3. The molecule has 0 saturated carbocycles. The molecule has 4 rings (SSSR count). The maximum atomic E-state index is 11.1. The molecule has 0 aliphatic carbocycles. The van der Waals surface area contributed by atoms with Crippen LogP contribution in [0.4, 0.5) is 17.5 Å². The summed E-state index contributed by atoms with van der Waals surface area (Å²) in [6.07, 6.45) is 2.24. The van der Waals surface area contributed by atoms with Gasteiger partial charge in [0, 0.05) is 13.6 Å². The zero-order valence-electron chi connectivity index (χ0n) is 15.6. The predicted octanol–water partition coefficient (Wildman–Crippen LogP) is 1.68.